The van der Waals surface area contributed by atoms with Crippen LogP contribution >= 0.6 is 0 Å². The van der Waals surface area contributed by atoms with Gasteiger partial charge in [0.25, 0.3) is 0 Å². The van der Waals surface area contributed by atoms with E-state index in [0.29, 0.717) is 13.2 Å². The van der Waals surface area contributed by atoms with Gasteiger partial charge in [-0.3, -0.25) is 4.79 Å². The highest BCUT2D eigenvalue weighted by Crippen LogP contribution is 2.29. The van der Waals surface area contributed by atoms with Gasteiger partial charge >= 0.3 is 0 Å². The summed E-state index contributed by atoms with van der Waals surface area (Å²) in [5, 5.41) is 0. The number of hydrogen-bond donors (Lipinski definition) is 0. The number of carbonyl (C=O) groups is 1. The molecule has 2 aliphatic heterocycles. The lowest BCUT2D eigenvalue weighted by Crippen LogP contribution is -2.40. The van der Waals surface area contributed by atoms with Gasteiger partial charge in [-0.05, 0) is 24.3 Å². The highest BCUT2D eigenvalue weighted by molar-refractivity contribution is 7.94. The molecule has 8 nitrogen and oxygen atoms in total. The summed E-state index contributed by atoms with van der Waals surface area (Å²) >= 11 is 0. The van der Waals surface area contributed by atoms with E-state index in [2.05, 4.69) is 0 Å². The topological polar surface area (TPSA) is 101 Å². The van der Waals surface area contributed by atoms with Crippen molar-refractivity contribution in [3.63, 3.8) is 0 Å². The number of ether oxygens (including phenoxy) is 1. The normalized spacial score (nSPS) is 25.1. The monoisotopic (exact) mass is 374 g/mol. The molecule has 2 aliphatic rings. The van der Waals surface area contributed by atoms with Gasteiger partial charge in [0, 0.05) is 13.1 Å². The molecule has 1 amide bonds. The van der Waals surface area contributed by atoms with Crippen LogP contribution in [-0.4, -0.2) is 59.1 Å². The third-order valence-electron chi connectivity index (χ3n) is 4.04. The van der Waals surface area contributed by atoms with Crippen molar-refractivity contribution >= 4 is 31.6 Å². The summed E-state index contributed by atoms with van der Waals surface area (Å²) in [6.45, 7) is 2.80. The van der Waals surface area contributed by atoms with Crippen molar-refractivity contribution in [2.45, 2.75) is 11.8 Å². The van der Waals surface area contributed by atoms with E-state index in [1.807, 2.05) is 0 Å². The lowest BCUT2D eigenvalue weighted by molar-refractivity contribution is -0.119. The van der Waals surface area contributed by atoms with Gasteiger partial charge in [0.05, 0.1) is 35.5 Å². The summed E-state index contributed by atoms with van der Waals surface area (Å²) in [5.41, 5.74) is 0.158. The summed E-state index contributed by atoms with van der Waals surface area (Å²) in [5.74, 6) is -1.34. The van der Waals surface area contributed by atoms with E-state index in [4.69, 9.17) is 4.74 Å². The molecule has 0 radical (unpaired) electrons. The first kappa shape index (κ1) is 17.3. The van der Waals surface area contributed by atoms with E-state index in [9.17, 15) is 21.6 Å². The van der Waals surface area contributed by atoms with E-state index in [1.54, 1.807) is 6.92 Å². The SMILES string of the molecule is C[C@H]1CS(=O)(=O)N(c2ccc(S(=O)(=O)N3CCOCC3)cc2)C1=O. The Hall–Kier alpha value is -1.49. The zero-order valence-electron chi connectivity index (χ0n) is 13.1. The standard InChI is InChI=1S/C14H18N2O6S2/c1-11-10-23(18,19)16(14(11)17)12-2-4-13(5-3-12)24(20,21)15-6-8-22-9-7-15/h2-5,11H,6-10H2,1H3/t11-/m0/s1. The van der Waals surface area contributed by atoms with Crippen LogP contribution in [0.3, 0.4) is 0 Å². The third kappa shape index (κ3) is 2.94. The number of carbonyl (C=O) groups excluding carboxylic acids is 1. The Morgan fingerprint density at radius 3 is 2.21 bits per heavy atom. The largest absolute Gasteiger partial charge is 0.379 e. The van der Waals surface area contributed by atoms with E-state index >= 15 is 0 Å². The minimum absolute atomic E-state index is 0.0604. The Morgan fingerprint density at radius 1 is 1.12 bits per heavy atom. The highest BCUT2D eigenvalue weighted by atomic mass is 32.2. The molecule has 132 valence electrons. The second-order valence-corrected chi connectivity index (χ2v) is 9.59. The second kappa shape index (κ2) is 6.10. The maximum Gasteiger partial charge on any atom is 0.244 e. The number of anilines is 1. The number of hydrogen-bond acceptors (Lipinski definition) is 6. The Bertz CT molecular complexity index is 842. The van der Waals surface area contributed by atoms with Crippen LogP contribution in [0.2, 0.25) is 0 Å². The predicted octanol–water partition coefficient (Wildman–Crippen LogP) is 0.0200. The van der Waals surface area contributed by atoms with E-state index in [-0.39, 0.29) is 29.4 Å². The van der Waals surface area contributed by atoms with E-state index in [1.165, 1.54) is 28.6 Å². The van der Waals surface area contributed by atoms with Crippen LogP contribution in [0.1, 0.15) is 6.92 Å². The second-order valence-electron chi connectivity index (χ2n) is 5.79. The zero-order valence-corrected chi connectivity index (χ0v) is 14.7. The van der Waals surface area contributed by atoms with Crippen LogP contribution in [0.15, 0.2) is 29.2 Å². The summed E-state index contributed by atoms with van der Waals surface area (Å²) in [7, 11) is -7.35. The summed E-state index contributed by atoms with van der Waals surface area (Å²) < 4.78 is 56.4. The van der Waals surface area contributed by atoms with Crippen LogP contribution < -0.4 is 4.31 Å². The van der Waals surface area contributed by atoms with Gasteiger partial charge in [0.2, 0.25) is 26.0 Å². The molecule has 0 aliphatic carbocycles. The summed E-state index contributed by atoms with van der Waals surface area (Å²) in [4.78, 5) is 12.1. The Morgan fingerprint density at radius 2 is 1.71 bits per heavy atom. The lowest BCUT2D eigenvalue weighted by Gasteiger charge is -2.26. The maximum absolute atomic E-state index is 12.5. The Labute approximate surface area is 141 Å². The van der Waals surface area contributed by atoms with Gasteiger partial charge < -0.3 is 4.74 Å². The highest BCUT2D eigenvalue weighted by Gasteiger charge is 2.42. The molecule has 0 N–H and O–H groups in total. The maximum atomic E-state index is 12.5. The Balaban J connectivity index is 1.90. The zero-order chi connectivity index (χ0) is 17.5. The van der Waals surface area contributed by atoms with E-state index in [0.717, 1.165) is 4.31 Å². The molecular formula is C14H18N2O6S2. The van der Waals surface area contributed by atoms with Crippen molar-refractivity contribution in [2.24, 2.45) is 5.92 Å². The number of sulfonamides is 2. The van der Waals surface area contributed by atoms with Crippen molar-refractivity contribution in [3.05, 3.63) is 24.3 Å². The fraction of sp³-hybridized carbons (Fsp3) is 0.500. The minimum atomic E-state index is -3.70. The molecule has 1 atom stereocenters. The average molecular weight is 374 g/mol. The van der Waals surface area contributed by atoms with Gasteiger partial charge in [-0.2, -0.15) is 4.31 Å². The van der Waals surface area contributed by atoms with Gasteiger partial charge in [-0.1, -0.05) is 6.92 Å². The minimum Gasteiger partial charge on any atom is -0.379 e. The molecule has 0 aromatic heterocycles. The van der Waals surface area contributed by atoms with Crippen LogP contribution in [-0.2, 0) is 29.6 Å². The first-order valence-corrected chi connectivity index (χ1v) is 10.5. The van der Waals surface area contributed by atoms with Crippen molar-refractivity contribution in [2.75, 3.05) is 36.4 Å². The molecule has 24 heavy (non-hydrogen) atoms. The first-order valence-electron chi connectivity index (χ1n) is 7.48. The number of morpholine rings is 1. The number of benzene rings is 1. The lowest BCUT2D eigenvalue weighted by atomic mass is 10.2. The molecule has 0 unspecified atom stereocenters. The van der Waals surface area contributed by atoms with Crippen molar-refractivity contribution in [1.82, 2.24) is 4.31 Å². The van der Waals surface area contributed by atoms with Crippen molar-refractivity contribution in [3.8, 4) is 0 Å². The van der Waals surface area contributed by atoms with Crippen LogP contribution in [0.5, 0.6) is 0 Å². The average Bonchev–Trinajstić information content (AvgIpc) is 2.76. The molecule has 2 heterocycles. The molecule has 3 rings (SSSR count). The fourth-order valence-corrected chi connectivity index (χ4v) is 6.00. The molecule has 1 aromatic rings. The van der Waals surface area contributed by atoms with E-state index < -0.39 is 31.9 Å². The van der Waals surface area contributed by atoms with Crippen LogP contribution in [0, 0.1) is 5.92 Å². The summed E-state index contributed by atoms with van der Waals surface area (Å²) in [6.07, 6.45) is 0. The molecule has 0 bridgehead atoms. The first-order chi connectivity index (χ1) is 11.2. The van der Waals surface area contributed by atoms with Gasteiger partial charge in [0.1, 0.15) is 0 Å². The summed E-state index contributed by atoms with van der Waals surface area (Å²) in [6, 6.07) is 5.35. The third-order valence-corrected chi connectivity index (χ3v) is 7.82. The quantitative estimate of drug-likeness (QED) is 0.739. The molecule has 0 saturated carbocycles. The molecule has 2 saturated heterocycles. The molecular weight excluding hydrogens is 356 g/mol. The molecule has 10 heteroatoms. The van der Waals surface area contributed by atoms with Crippen molar-refractivity contribution < 1.29 is 26.4 Å². The number of nitrogens with zero attached hydrogens (tertiary/aromatic N) is 2. The Kier molecular flexibility index (Phi) is 4.41. The van der Waals surface area contributed by atoms with Crippen LogP contribution in [0.4, 0.5) is 5.69 Å². The smallest absolute Gasteiger partial charge is 0.244 e. The molecule has 1 aromatic carbocycles. The molecule has 0 spiro atoms. The fourth-order valence-electron chi connectivity index (χ4n) is 2.78. The number of rotatable bonds is 3. The molecule has 2 fully saturated rings. The van der Waals surface area contributed by atoms with Gasteiger partial charge in [0.15, 0.2) is 0 Å². The van der Waals surface area contributed by atoms with Crippen LogP contribution in [0.25, 0.3) is 0 Å². The van der Waals surface area contributed by atoms with Gasteiger partial charge in [-0.25, -0.2) is 21.1 Å². The number of amides is 1. The van der Waals surface area contributed by atoms with Crippen molar-refractivity contribution in [1.29, 1.82) is 0 Å². The van der Waals surface area contributed by atoms with Gasteiger partial charge in [-0.15, -0.1) is 0 Å². The predicted molar refractivity (Wildman–Crippen MR) is 86.5 cm³/mol.